The Kier molecular flexibility index (Phi) is 5.16. The Labute approximate surface area is 138 Å². The Morgan fingerprint density at radius 2 is 2.04 bits per heavy atom. The quantitative estimate of drug-likeness (QED) is 0.865. The number of anilines is 1. The number of rotatable bonds is 6. The average Bonchev–Trinajstić information content (AvgIpc) is 3.17. The van der Waals surface area contributed by atoms with Gasteiger partial charge in [0, 0.05) is 12.3 Å². The normalized spacial score (nSPS) is 21.0. The van der Waals surface area contributed by atoms with Crippen LogP contribution in [-0.4, -0.2) is 31.8 Å². The minimum absolute atomic E-state index is 0.0180. The molecule has 1 N–H and O–H groups in total. The zero-order valence-electron chi connectivity index (χ0n) is 14.1. The Balaban J connectivity index is 2.02. The first-order valence-corrected chi connectivity index (χ1v) is 9.53. The van der Waals surface area contributed by atoms with Crippen molar-refractivity contribution in [1.29, 1.82) is 0 Å². The van der Waals surface area contributed by atoms with E-state index in [0.29, 0.717) is 17.9 Å². The molecule has 6 heteroatoms. The number of benzene rings is 1. The summed E-state index contributed by atoms with van der Waals surface area (Å²) < 4.78 is 29.2. The molecule has 0 unspecified atom stereocenters. The zero-order chi connectivity index (χ0) is 17.3. The molecule has 0 aliphatic heterocycles. The van der Waals surface area contributed by atoms with E-state index < -0.39 is 14.6 Å². The van der Waals surface area contributed by atoms with Crippen molar-refractivity contribution in [2.24, 2.45) is 5.92 Å². The Morgan fingerprint density at radius 3 is 2.65 bits per heavy atom. The van der Waals surface area contributed by atoms with Crippen LogP contribution in [0.3, 0.4) is 0 Å². The van der Waals surface area contributed by atoms with Crippen LogP contribution < -0.4 is 5.32 Å². The van der Waals surface area contributed by atoms with Gasteiger partial charge in [0.2, 0.25) is 5.91 Å². The summed E-state index contributed by atoms with van der Waals surface area (Å²) in [5.74, 6) is -0.207. The molecule has 1 amide bonds. The highest BCUT2D eigenvalue weighted by molar-refractivity contribution is 7.91. The molecule has 1 aromatic carbocycles. The third-order valence-electron chi connectivity index (χ3n) is 3.93. The van der Waals surface area contributed by atoms with E-state index in [0.717, 1.165) is 6.42 Å². The second-order valence-electron chi connectivity index (χ2n) is 6.90. The van der Waals surface area contributed by atoms with Crippen LogP contribution in [0.1, 0.15) is 39.7 Å². The molecule has 1 aliphatic carbocycles. The summed E-state index contributed by atoms with van der Waals surface area (Å²) in [6.45, 7) is 7.58. The lowest BCUT2D eigenvalue weighted by atomic mass is 10.2. The first-order valence-electron chi connectivity index (χ1n) is 7.88. The van der Waals surface area contributed by atoms with E-state index in [4.69, 9.17) is 4.74 Å². The van der Waals surface area contributed by atoms with Crippen LogP contribution in [0, 0.1) is 5.92 Å². The van der Waals surface area contributed by atoms with Gasteiger partial charge in [0.1, 0.15) is 0 Å². The van der Waals surface area contributed by atoms with E-state index in [1.54, 1.807) is 45.0 Å². The van der Waals surface area contributed by atoms with Crippen LogP contribution in [0.2, 0.25) is 0 Å². The zero-order valence-corrected chi connectivity index (χ0v) is 14.9. The van der Waals surface area contributed by atoms with Gasteiger partial charge in [0.15, 0.2) is 9.84 Å². The molecule has 0 radical (unpaired) electrons. The van der Waals surface area contributed by atoms with Crippen LogP contribution in [0.4, 0.5) is 5.69 Å². The number of amides is 1. The molecular formula is C17H25NO4S. The van der Waals surface area contributed by atoms with Gasteiger partial charge in [-0.3, -0.25) is 4.79 Å². The van der Waals surface area contributed by atoms with Crippen molar-refractivity contribution in [1.82, 2.24) is 0 Å². The largest absolute Gasteiger partial charge is 0.378 e. The van der Waals surface area contributed by atoms with Crippen molar-refractivity contribution in [3.8, 4) is 0 Å². The number of hydrogen-bond acceptors (Lipinski definition) is 4. The molecular weight excluding hydrogens is 314 g/mol. The molecule has 1 aromatic rings. The maximum atomic E-state index is 12.3. The Morgan fingerprint density at radius 1 is 1.35 bits per heavy atom. The lowest BCUT2D eigenvalue weighted by Gasteiger charge is -2.19. The second-order valence-corrected chi connectivity index (χ2v) is 9.64. The van der Waals surface area contributed by atoms with Gasteiger partial charge in [0.05, 0.1) is 22.5 Å². The van der Waals surface area contributed by atoms with Crippen LogP contribution in [0.5, 0.6) is 0 Å². The van der Waals surface area contributed by atoms with Crippen LogP contribution >= 0.6 is 0 Å². The van der Waals surface area contributed by atoms with Crippen LogP contribution in [0.15, 0.2) is 24.3 Å². The molecule has 5 nitrogen and oxygen atoms in total. The molecule has 128 valence electrons. The third-order valence-corrected chi connectivity index (χ3v) is 6.51. The maximum Gasteiger partial charge on any atom is 0.230 e. The van der Waals surface area contributed by atoms with Crippen molar-refractivity contribution in [2.45, 2.75) is 50.7 Å². The summed E-state index contributed by atoms with van der Waals surface area (Å²) in [4.78, 5) is 12.1. The van der Waals surface area contributed by atoms with Crippen molar-refractivity contribution in [3.63, 3.8) is 0 Å². The van der Waals surface area contributed by atoms with Crippen LogP contribution in [-0.2, 0) is 25.1 Å². The number of sulfone groups is 1. The number of hydrogen-bond donors (Lipinski definition) is 1. The molecule has 0 saturated heterocycles. The summed E-state index contributed by atoms with van der Waals surface area (Å²) in [6.07, 6.45) is 0.766. The van der Waals surface area contributed by atoms with Crippen molar-refractivity contribution in [3.05, 3.63) is 29.8 Å². The predicted octanol–water partition coefficient (Wildman–Crippen LogP) is 2.76. The Bertz CT molecular complexity index is 676. The fourth-order valence-electron chi connectivity index (χ4n) is 2.26. The minimum atomic E-state index is -3.25. The van der Waals surface area contributed by atoms with Gasteiger partial charge in [-0.05, 0) is 51.8 Å². The molecule has 0 heterocycles. The van der Waals surface area contributed by atoms with Crippen molar-refractivity contribution in [2.75, 3.05) is 11.9 Å². The van der Waals surface area contributed by atoms with Gasteiger partial charge in [0.25, 0.3) is 0 Å². The average molecular weight is 339 g/mol. The predicted molar refractivity (Wildman–Crippen MR) is 91.0 cm³/mol. The van der Waals surface area contributed by atoms with Gasteiger partial charge < -0.3 is 10.1 Å². The molecule has 23 heavy (non-hydrogen) atoms. The summed E-state index contributed by atoms with van der Waals surface area (Å²) in [7, 11) is -3.25. The summed E-state index contributed by atoms with van der Waals surface area (Å²) >= 11 is 0. The monoisotopic (exact) mass is 339 g/mol. The highest BCUT2D eigenvalue weighted by Crippen LogP contribution is 2.34. The van der Waals surface area contributed by atoms with Gasteiger partial charge in [-0.15, -0.1) is 0 Å². The van der Waals surface area contributed by atoms with E-state index in [2.05, 4.69) is 5.32 Å². The number of nitrogens with one attached hydrogen (secondary N) is 1. The van der Waals surface area contributed by atoms with Gasteiger partial charge in [-0.1, -0.05) is 12.1 Å². The molecule has 1 fully saturated rings. The number of ether oxygens (including phenoxy) is 1. The minimum Gasteiger partial charge on any atom is -0.378 e. The highest BCUT2D eigenvalue weighted by Gasteiger charge is 2.43. The molecule has 0 spiro atoms. The first-order chi connectivity index (χ1) is 10.6. The maximum absolute atomic E-state index is 12.3. The topological polar surface area (TPSA) is 72.5 Å². The first kappa shape index (κ1) is 17.9. The number of carbonyl (C=O) groups is 1. The van der Waals surface area contributed by atoms with Gasteiger partial charge >= 0.3 is 0 Å². The number of carbonyl (C=O) groups excluding carboxylic acids is 1. The standard InChI is InChI=1S/C17H25NO4S/c1-5-22-15-10-14(15)16(19)18-13-8-6-7-12(9-13)11-23(20,21)17(2,3)4/h6-9,14-15H,5,10-11H2,1-4H3,(H,18,19)/t14-,15+/m1/s1. The summed E-state index contributed by atoms with van der Waals surface area (Å²) in [6, 6.07) is 7.01. The molecule has 1 aliphatic rings. The van der Waals surface area contributed by atoms with E-state index in [9.17, 15) is 13.2 Å². The fraction of sp³-hybridized carbons (Fsp3) is 0.588. The smallest absolute Gasteiger partial charge is 0.230 e. The molecule has 0 bridgehead atoms. The van der Waals surface area contributed by atoms with Crippen molar-refractivity contribution >= 4 is 21.4 Å². The fourth-order valence-corrected chi connectivity index (χ4v) is 3.31. The van der Waals surface area contributed by atoms with Gasteiger partial charge in [-0.25, -0.2) is 8.42 Å². The van der Waals surface area contributed by atoms with Crippen molar-refractivity contribution < 1.29 is 17.9 Å². The summed E-state index contributed by atoms with van der Waals surface area (Å²) in [5, 5.41) is 2.84. The highest BCUT2D eigenvalue weighted by atomic mass is 32.2. The van der Waals surface area contributed by atoms with E-state index >= 15 is 0 Å². The third kappa shape index (κ3) is 4.54. The second kappa shape index (κ2) is 6.61. The van der Waals surface area contributed by atoms with Crippen LogP contribution in [0.25, 0.3) is 0 Å². The lowest BCUT2D eigenvalue weighted by Crippen LogP contribution is -2.29. The SMILES string of the molecule is CCO[C@H]1C[C@H]1C(=O)Nc1cccc(CS(=O)(=O)C(C)(C)C)c1. The molecule has 2 rings (SSSR count). The molecule has 1 saturated carbocycles. The molecule has 2 atom stereocenters. The van der Waals surface area contributed by atoms with E-state index in [1.807, 2.05) is 6.92 Å². The molecule has 0 aromatic heterocycles. The summed E-state index contributed by atoms with van der Waals surface area (Å²) in [5.41, 5.74) is 1.30. The van der Waals surface area contributed by atoms with E-state index in [1.165, 1.54) is 0 Å². The van der Waals surface area contributed by atoms with E-state index in [-0.39, 0.29) is 23.7 Å². The Hall–Kier alpha value is -1.40. The van der Waals surface area contributed by atoms with Gasteiger partial charge in [-0.2, -0.15) is 0 Å². The lowest BCUT2D eigenvalue weighted by molar-refractivity contribution is -0.118.